The van der Waals surface area contributed by atoms with Crippen LogP contribution in [0.3, 0.4) is 0 Å². The van der Waals surface area contributed by atoms with Gasteiger partial charge >= 0.3 is 6.03 Å². The molecule has 0 spiro atoms. The summed E-state index contributed by atoms with van der Waals surface area (Å²) in [5, 5.41) is 15.7. The molecule has 1 atom stereocenters. The number of hydrogen-bond donors (Lipinski definition) is 4. The highest BCUT2D eigenvalue weighted by molar-refractivity contribution is 5.85. The van der Waals surface area contributed by atoms with E-state index in [0.29, 0.717) is 19.5 Å². The molecule has 22 heavy (non-hydrogen) atoms. The van der Waals surface area contributed by atoms with Crippen LogP contribution >= 0.6 is 0 Å². The van der Waals surface area contributed by atoms with Gasteiger partial charge in [0.05, 0.1) is 0 Å². The van der Waals surface area contributed by atoms with Crippen LogP contribution in [0.4, 0.5) is 4.79 Å². The summed E-state index contributed by atoms with van der Waals surface area (Å²) in [6.45, 7) is 5.43. The van der Waals surface area contributed by atoms with E-state index in [1.54, 1.807) is 0 Å². The Morgan fingerprint density at radius 2 is 2.18 bits per heavy atom. The zero-order valence-corrected chi connectivity index (χ0v) is 13.3. The number of rotatable bonds is 7. The van der Waals surface area contributed by atoms with Gasteiger partial charge in [-0.3, -0.25) is 0 Å². The number of benzene rings is 1. The average molecular weight is 303 g/mol. The molecule has 0 saturated carbocycles. The van der Waals surface area contributed by atoms with Crippen molar-refractivity contribution in [1.82, 2.24) is 15.6 Å². The van der Waals surface area contributed by atoms with E-state index in [-0.39, 0.29) is 18.6 Å². The maximum absolute atomic E-state index is 11.7. The Morgan fingerprint density at radius 3 is 2.95 bits per heavy atom. The number of aliphatic hydroxyl groups is 1. The smallest absolute Gasteiger partial charge is 0.314 e. The molecule has 0 aliphatic carbocycles. The SMILES string of the molecule is Cc1cccc2c(CCNC(=O)NCC(C)CCO)c[nH]c12. The second-order valence-corrected chi connectivity index (χ2v) is 5.82. The van der Waals surface area contributed by atoms with Gasteiger partial charge in [0.25, 0.3) is 0 Å². The quantitative estimate of drug-likeness (QED) is 0.633. The molecule has 1 heterocycles. The van der Waals surface area contributed by atoms with Crippen molar-refractivity contribution in [2.45, 2.75) is 26.7 Å². The Kier molecular flexibility index (Phi) is 5.83. The van der Waals surface area contributed by atoms with Crippen molar-refractivity contribution < 1.29 is 9.90 Å². The molecule has 5 heteroatoms. The molecule has 0 radical (unpaired) electrons. The van der Waals surface area contributed by atoms with Crippen molar-refractivity contribution in [3.8, 4) is 0 Å². The highest BCUT2D eigenvalue weighted by Gasteiger charge is 2.07. The summed E-state index contributed by atoms with van der Waals surface area (Å²) in [5.74, 6) is 0.285. The number of para-hydroxylation sites is 1. The summed E-state index contributed by atoms with van der Waals surface area (Å²) < 4.78 is 0. The summed E-state index contributed by atoms with van der Waals surface area (Å²) in [6, 6.07) is 6.09. The van der Waals surface area contributed by atoms with Crippen LogP contribution in [-0.2, 0) is 6.42 Å². The number of carbonyl (C=O) groups is 1. The first-order chi connectivity index (χ1) is 10.6. The minimum Gasteiger partial charge on any atom is -0.396 e. The van der Waals surface area contributed by atoms with E-state index in [1.165, 1.54) is 22.0 Å². The number of aromatic amines is 1. The number of nitrogens with one attached hydrogen (secondary N) is 3. The average Bonchev–Trinajstić information content (AvgIpc) is 2.90. The molecule has 0 bridgehead atoms. The maximum atomic E-state index is 11.7. The third-order valence-corrected chi connectivity index (χ3v) is 3.92. The van der Waals surface area contributed by atoms with Gasteiger partial charge in [-0.1, -0.05) is 25.1 Å². The van der Waals surface area contributed by atoms with Gasteiger partial charge in [0.1, 0.15) is 0 Å². The van der Waals surface area contributed by atoms with E-state index in [1.807, 2.05) is 13.1 Å². The molecule has 0 aliphatic heterocycles. The minimum absolute atomic E-state index is 0.152. The Bertz CT molecular complexity index is 621. The summed E-state index contributed by atoms with van der Waals surface area (Å²) in [4.78, 5) is 15.0. The monoisotopic (exact) mass is 303 g/mol. The molecule has 0 fully saturated rings. The lowest BCUT2D eigenvalue weighted by atomic mass is 10.1. The number of aliphatic hydroxyl groups excluding tert-OH is 1. The number of hydrogen-bond acceptors (Lipinski definition) is 2. The van der Waals surface area contributed by atoms with Gasteiger partial charge < -0.3 is 20.7 Å². The lowest BCUT2D eigenvalue weighted by Gasteiger charge is -2.12. The van der Waals surface area contributed by atoms with Crippen LogP contribution in [0, 0.1) is 12.8 Å². The van der Waals surface area contributed by atoms with Crippen LogP contribution in [0.15, 0.2) is 24.4 Å². The third kappa shape index (κ3) is 4.24. The van der Waals surface area contributed by atoms with Crippen LogP contribution in [0.1, 0.15) is 24.5 Å². The number of aromatic nitrogens is 1. The standard InChI is InChI=1S/C17H25N3O2/c1-12(7-9-21)10-20-17(22)18-8-6-14-11-19-16-13(2)4-3-5-15(14)16/h3-5,11-12,19,21H,6-10H2,1-2H3,(H2,18,20,22). The Hall–Kier alpha value is -2.01. The van der Waals surface area contributed by atoms with E-state index in [4.69, 9.17) is 5.11 Å². The van der Waals surface area contributed by atoms with E-state index in [9.17, 15) is 4.79 Å². The van der Waals surface area contributed by atoms with Crippen molar-refractivity contribution in [1.29, 1.82) is 0 Å². The Morgan fingerprint density at radius 1 is 1.36 bits per heavy atom. The summed E-state index contributed by atoms with van der Waals surface area (Å²) >= 11 is 0. The maximum Gasteiger partial charge on any atom is 0.314 e. The van der Waals surface area contributed by atoms with Crippen molar-refractivity contribution >= 4 is 16.9 Å². The van der Waals surface area contributed by atoms with Crippen molar-refractivity contribution in [3.63, 3.8) is 0 Å². The summed E-state index contributed by atoms with van der Waals surface area (Å²) in [7, 11) is 0. The molecule has 5 nitrogen and oxygen atoms in total. The molecule has 2 amide bonds. The van der Waals surface area contributed by atoms with E-state index in [0.717, 1.165) is 6.42 Å². The normalized spacial score (nSPS) is 12.3. The van der Waals surface area contributed by atoms with Crippen molar-refractivity contribution in [2.24, 2.45) is 5.92 Å². The van der Waals surface area contributed by atoms with E-state index < -0.39 is 0 Å². The number of amides is 2. The number of H-pyrrole nitrogens is 1. The fourth-order valence-corrected chi connectivity index (χ4v) is 2.53. The van der Waals surface area contributed by atoms with E-state index in [2.05, 4.69) is 40.7 Å². The molecular weight excluding hydrogens is 278 g/mol. The Labute approximate surface area is 131 Å². The van der Waals surface area contributed by atoms with Crippen LogP contribution in [0.5, 0.6) is 0 Å². The zero-order chi connectivity index (χ0) is 15.9. The van der Waals surface area contributed by atoms with Crippen LogP contribution in [-0.4, -0.2) is 35.8 Å². The van der Waals surface area contributed by atoms with Crippen LogP contribution in [0.2, 0.25) is 0 Å². The minimum atomic E-state index is -0.152. The van der Waals surface area contributed by atoms with Gasteiger partial charge in [-0.2, -0.15) is 0 Å². The zero-order valence-electron chi connectivity index (χ0n) is 13.3. The molecule has 0 aliphatic rings. The second-order valence-electron chi connectivity index (χ2n) is 5.82. The number of fused-ring (bicyclic) bond motifs is 1. The summed E-state index contributed by atoms with van der Waals surface area (Å²) in [6.07, 6.45) is 3.51. The van der Waals surface area contributed by atoms with Crippen molar-refractivity contribution in [2.75, 3.05) is 19.7 Å². The lowest BCUT2D eigenvalue weighted by molar-refractivity contribution is 0.234. The van der Waals surface area contributed by atoms with Gasteiger partial charge in [-0.05, 0) is 36.8 Å². The predicted molar refractivity (Wildman–Crippen MR) is 89.0 cm³/mol. The van der Waals surface area contributed by atoms with Gasteiger partial charge in [0.2, 0.25) is 0 Å². The molecule has 4 N–H and O–H groups in total. The highest BCUT2D eigenvalue weighted by atomic mass is 16.3. The van der Waals surface area contributed by atoms with Crippen LogP contribution in [0.25, 0.3) is 10.9 Å². The molecule has 1 aromatic heterocycles. The van der Waals surface area contributed by atoms with Crippen molar-refractivity contribution in [3.05, 3.63) is 35.5 Å². The summed E-state index contributed by atoms with van der Waals surface area (Å²) in [5.41, 5.74) is 3.61. The third-order valence-electron chi connectivity index (χ3n) is 3.92. The molecule has 120 valence electrons. The topological polar surface area (TPSA) is 77.2 Å². The number of carbonyl (C=O) groups excluding carboxylic acids is 1. The van der Waals surface area contributed by atoms with Gasteiger partial charge in [0.15, 0.2) is 0 Å². The Balaban J connectivity index is 1.78. The van der Waals surface area contributed by atoms with Crippen LogP contribution < -0.4 is 10.6 Å². The highest BCUT2D eigenvalue weighted by Crippen LogP contribution is 2.21. The lowest BCUT2D eigenvalue weighted by Crippen LogP contribution is -2.38. The second kappa shape index (κ2) is 7.84. The first-order valence-corrected chi connectivity index (χ1v) is 7.80. The fraction of sp³-hybridized carbons (Fsp3) is 0.471. The molecule has 0 saturated heterocycles. The first kappa shape index (κ1) is 16.4. The van der Waals surface area contributed by atoms with E-state index >= 15 is 0 Å². The molecular formula is C17H25N3O2. The van der Waals surface area contributed by atoms with Gasteiger partial charge in [0, 0.05) is 36.8 Å². The number of aryl methyl sites for hydroxylation is 1. The van der Waals surface area contributed by atoms with Gasteiger partial charge in [-0.15, -0.1) is 0 Å². The van der Waals surface area contributed by atoms with Gasteiger partial charge in [-0.25, -0.2) is 4.79 Å². The predicted octanol–water partition coefficient (Wildman–Crippen LogP) is 2.34. The molecule has 1 unspecified atom stereocenters. The molecule has 2 rings (SSSR count). The molecule has 1 aromatic carbocycles. The first-order valence-electron chi connectivity index (χ1n) is 7.80. The number of urea groups is 1. The largest absolute Gasteiger partial charge is 0.396 e. The molecule has 2 aromatic rings. The fourth-order valence-electron chi connectivity index (χ4n) is 2.53.